The SMILES string of the molecule is Nc1c(O)c2c3c(O)c(N)c4c5c(ccc(c6ccc7c(c1=C1C=CC=CC1C7=O)c62)c53)C(=O)C1C=CC=CC=41. The van der Waals surface area contributed by atoms with Gasteiger partial charge in [0.1, 0.15) is 11.5 Å². The van der Waals surface area contributed by atoms with Crippen LogP contribution in [0.25, 0.3) is 54.2 Å². The molecule has 5 aromatic carbocycles. The minimum Gasteiger partial charge on any atom is -0.505 e. The Balaban J connectivity index is 1.65. The maximum atomic E-state index is 13.7. The number of hydrogen-bond donors (Lipinski definition) is 4. The van der Waals surface area contributed by atoms with Gasteiger partial charge in [-0.05, 0) is 21.9 Å². The molecule has 4 aliphatic rings. The van der Waals surface area contributed by atoms with Crippen molar-refractivity contribution in [1.29, 1.82) is 0 Å². The van der Waals surface area contributed by atoms with Gasteiger partial charge in [0.05, 0.1) is 23.2 Å². The van der Waals surface area contributed by atoms with Crippen LogP contribution in [-0.4, -0.2) is 21.8 Å². The molecular formula is C34H20N2O4. The summed E-state index contributed by atoms with van der Waals surface area (Å²) in [6, 6.07) is 7.43. The molecule has 6 heteroatoms. The van der Waals surface area contributed by atoms with Gasteiger partial charge >= 0.3 is 0 Å². The van der Waals surface area contributed by atoms with Crippen LogP contribution in [0, 0.1) is 11.8 Å². The van der Waals surface area contributed by atoms with Gasteiger partial charge in [-0.15, -0.1) is 0 Å². The van der Waals surface area contributed by atoms with E-state index in [-0.39, 0.29) is 34.4 Å². The van der Waals surface area contributed by atoms with Crippen LogP contribution in [0.4, 0.5) is 11.4 Å². The monoisotopic (exact) mass is 520 g/mol. The number of nitrogen functional groups attached to an aromatic ring is 2. The molecule has 0 heterocycles. The quantitative estimate of drug-likeness (QED) is 0.103. The molecule has 190 valence electrons. The third-order valence-corrected chi connectivity index (χ3v) is 9.20. The lowest BCUT2D eigenvalue weighted by molar-refractivity contribution is 0.0961. The molecule has 5 aromatic rings. The molecule has 0 amide bonds. The third kappa shape index (κ3) is 2.17. The van der Waals surface area contributed by atoms with E-state index in [1.54, 1.807) is 0 Å². The Morgan fingerprint density at radius 1 is 0.550 bits per heavy atom. The Morgan fingerprint density at radius 2 is 0.975 bits per heavy atom. The van der Waals surface area contributed by atoms with E-state index < -0.39 is 11.8 Å². The minimum atomic E-state index is -0.488. The molecular weight excluding hydrogens is 500 g/mol. The largest absolute Gasteiger partial charge is 0.505 e. The Kier molecular flexibility index (Phi) is 3.66. The Morgan fingerprint density at radius 3 is 1.40 bits per heavy atom. The highest BCUT2D eigenvalue weighted by molar-refractivity contribution is 6.40. The number of anilines is 2. The summed E-state index contributed by atoms with van der Waals surface area (Å²) in [5.74, 6) is -1.43. The van der Waals surface area contributed by atoms with Gasteiger partial charge in [0.15, 0.2) is 11.6 Å². The zero-order valence-corrected chi connectivity index (χ0v) is 20.9. The molecule has 0 spiro atoms. The van der Waals surface area contributed by atoms with Crippen molar-refractivity contribution in [2.24, 2.45) is 11.8 Å². The minimum absolute atomic E-state index is 0.0457. The average Bonchev–Trinajstić information content (AvgIpc) is 2.98. The van der Waals surface area contributed by atoms with E-state index in [1.807, 2.05) is 72.9 Å². The van der Waals surface area contributed by atoms with E-state index in [9.17, 15) is 19.8 Å². The van der Waals surface area contributed by atoms with Gasteiger partial charge in [-0.2, -0.15) is 0 Å². The van der Waals surface area contributed by atoms with Crippen molar-refractivity contribution in [3.05, 3.63) is 94.4 Å². The molecule has 4 aliphatic carbocycles. The van der Waals surface area contributed by atoms with Crippen LogP contribution in [0.1, 0.15) is 20.7 Å². The summed E-state index contributed by atoms with van der Waals surface area (Å²) in [6.45, 7) is 0. The summed E-state index contributed by atoms with van der Waals surface area (Å²) >= 11 is 0. The van der Waals surface area contributed by atoms with Crippen molar-refractivity contribution in [2.45, 2.75) is 0 Å². The summed E-state index contributed by atoms with van der Waals surface area (Å²) in [5, 5.41) is 29.6. The van der Waals surface area contributed by atoms with E-state index in [0.29, 0.717) is 53.9 Å². The number of ketones is 2. The third-order valence-electron chi connectivity index (χ3n) is 9.20. The summed E-state index contributed by atoms with van der Waals surface area (Å²) in [6.07, 6.45) is 14.8. The number of nitrogens with two attached hydrogens (primary N) is 2. The number of phenols is 2. The summed E-state index contributed by atoms with van der Waals surface area (Å²) < 4.78 is 0. The topological polar surface area (TPSA) is 127 Å². The maximum Gasteiger partial charge on any atom is 0.174 e. The Labute approximate surface area is 226 Å². The van der Waals surface area contributed by atoms with E-state index in [2.05, 4.69) is 0 Å². The summed E-state index contributed by atoms with van der Waals surface area (Å²) in [7, 11) is 0. The molecule has 0 saturated heterocycles. The molecule has 2 atom stereocenters. The van der Waals surface area contributed by atoms with E-state index in [1.165, 1.54) is 0 Å². The number of phenolic OH excluding ortho intramolecular Hbond substituents is 2. The van der Waals surface area contributed by atoms with Crippen LogP contribution in [0.3, 0.4) is 0 Å². The molecule has 40 heavy (non-hydrogen) atoms. The van der Waals surface area contributed by atoms with Crippen LogP contribution in [0.5, 0.6) is 11.5 Å². The average molecular weight is 521 g/mol. The number of fused-ring (bicyclic) bond motifs is 4. The summed E-state index contributed by atoms with van der Waals surface area (Å²) in [5.41, 5.74) is 16.2. The van der Waals surface area contributed by atoms with Crippen LogP contribution in [-0.2, 0) is 0 Å². The summed E-state index contributed by atoms with van der Waals surface area (Å²) in [4.78, 5) is 27.4. The van der Waals surface area contributed by atoms with Crippen molar-refractivity contribution in [1.82, 2.24) is 0 Å². The van der Waals surface area contributed by atoms with Gasteiger partial charge in [-0.25, -0.2) is 0 Å². The van der Waals surface area contributed by atoms with Crippen molar-refractivity contribution in [3.63, 3.8) is 0 Å². The standard InChI is InChI=1S/C34H20N2O4/c35-29-25-13-5-1-3-7-17(13)31(37)19-11-9-15-16-10-12-20-24-22(16)28(27(33(29)39)21(15)23(19)25)34(40)30(36)26(24)14-6-2-4-8-18(14)32(20)38/h1-12,17-18,39-40H,35-36H2. The number of aromatic hydroxyl groups is 2. The predicted octanol–water partition coefficient (Wildman–Crippen LogP) is 4.49. The van der Waals surface area contributed by atoms with E-state index >= 15 is 0 Å². The molecule has 9 rings (SSSR count). The molecule has 0 saturated carbocycles. The van der Waals surface area contributed by atoms with Crippen molar-refractivity contribution >= 4 is 77.2 Å². The van der Waals surface area contributed by atoms with Gasteiger partial charge < -0.3 is 21.7 Å². The molecule has 0 aliphatic heterocycles. The first kappa shape index (κ1) is 21.6. The zero-order chi connectivity index (χ0) is 27.2. The van der Waals surface area contributed by atoms with Crippen LogP contribution < -0.4 is 21.9 Å². The van der Waals surface area contributed by atoms with Gasteiger partial charge in [-0.3, -0.25) is 9.59 Å². The molecule has 6 N–H and O–H groups in total. The van der Waals surface area contributed by atoms with Gasteiger partial charge in [0.2, 0.25) is 0 Å². The second-order valence-corrected chi connectivity index (χ2v) is 10.9. The first-order chi connectivity index (χ1) is 19.4. The molecule has 0 radical (unpaired) electrons. The van der Waals surface area contributed by atoms with Gasteiger partial charge in [0.25, 0.3) is 0 Å². The number of allylic oxidation sites excluding steroid dienone is 8. The molecule has 6 nitrogen and oxygen atoms in total. The van der Waals surface area contributed by atoms with Gasteiger partial charge in [-0.1, -0.05) is 72.9 Å². The molecule has 0 aromatic heterocycles. The number of carbonyl (C=O) groups excluding carboxylic acids is 2. The Bertz CT molecular complexity index is 2240. The van der Waals surface area contributed by atoms with Gasteiger partial charge in [0, 0.05) is 53.9 Å². The van der Waals surface area contributed by atoms with E-state index in [4.69, 9.17) is 11.5 Å². The molecule has 0 fully saturated rings. The number of rotatable bonds is 0. The van der Waals surface area contributed by atoms with Crippen LogP contribution in [0.15, 0.2) is 72.9 Å². The first-order valence-electron chi connectivity index (χ1n) is 13.2. The first-order valence-corrected chi connectivity index (χ1v) is 13.2. The number of hydrogen-bond acceptors (Lipinski definition) is 6. The smallest absolute Gasteiger partial charge is 0.174 e. The highest BCUT2D eigenvalue weighted by Crippen LogP contribution is 2.51. The lowest BCUT2D eigenvalue weighted by Gasteiger charge is -2.28. The van der Waals surface area contributed by atoms with Crippen molar-refractivity contribution < 1.29 is 19.8 Å². The maximum absolute atomic E-state index is 13.7. The lowest BCUT2D eigenvalue weighted by atomic mass is 9.74. The fourth-order valence-corrected chi connectivity index (χ4v) is 7.56. The normalized spacial score (nSPS) is 20.5. The number of benzene rings is 5. The lowest BCUT2D eigenvalue weighted by Crippen LogP contribution is -2.30. The second kappa shape index (κ2) is 6.79. The zero-order valence-electron chi connectivity index (χ0n) is 20.9. The fraction of sp³-hybridized carbons (Fsp3) is 0.0588. The second-order valence-electron chi connectivity index (χ2n) is 10.9. The highest BCUT2D eigenvalue weighted by atomic mass is 16.3. The predicted molar refractivity (Wildman–Crippen MR) is 158 cm³/mol. The number of carbonyl (C=O) groups is 2. The number of Topliss-reactive ketones (excluding diaryl/α,β-unsaturated/α-hetero) is 2. The van der Waals surface area contributed by atoms with Crippen molar-refractivity contribution in [2.75, 3.05) is 11.5 Å². The van der Waals surface area contributed by atoms with E-state index in [0.717, 1.165) is 21.9 Å². The molecule has 0 bridgehead atoms. The fourth-order valence-electron chi connectivity index (χ4n) is 7.56. The van der Waals surface area contributed by atoms with Crippen LogP contribution in [0.2, 0.25) is 0 Å². The van der Waals surface area contributed by atoms with Crippen molar-refractivity contribution in [3.8, 4) is 11.5 Å². The Hall–Kier alpha value is -5.36. The molecule has 2 unspecified atom stereocenters. The highest BCUT2D eigenvalue weighted by Gasteiger charge is 2.36. The van der Waals surface area contributed by atoms with Crippen LogP contribution >= 0.6 is 0 Å².